The summed E-state index contributed by atoms with van der Waals surface area (Å²) in [6.07, 6.45) is -3.69. The topological polar surface area (TPSA) is 160 Å². The van der Waals surface area contributed by atoms with Gasteiger partial charge in [0.25, 0.3) is 5.91 Å². The van der Waals surface area contributed by atoms with Crippen LogP contribution in [-0.4, -0.2) is 120 Å². The van der Waals surface area contributed by atoms with E-state index in [-0.39, 0.29) is 57.3 Å². The maximum absolute atomic E-state index is 14.2. The number of carbonyl (C=O) groups excluding carboxylic acids is 6. The predicted octanol–water partition coefficient (Wildman–Crippen LogP) is 3.59. The molecule has 0 saturated carbocycles. The summed E-state index contributed by atoms with van der Waals surface area (Å²) in [6, 6.07) is -4.78. The van der Waals surface area contributed by atoms with Gasteiger partial charge in [-0.05, 0) is 42.4 Å². The molecule has 2 fully saturated rings. The Balaban J connectivity index is 2.25. The van der Waals surface area contributed by atoms with E-state index in [1.807, 2.05) is 27.7 Å². The molecule has 51 heavy (non-hydrogen) atoms. The highest BCUT2D eigenvalue weighted by Crippen LogP contribution is 2.29. The van der Waals surface area contributed by atoms with Gasteiger partial charge in [-0.3, -0.25) is 19.2 Å². The third-order valence-electron chi connectivity index (χ3n) is 9.22. The number of rotatable bonds is 15. The molecule has 4 N–H and O–H groups in total. The van der Waals surface area contributed by atoms with Crippen LogP contribution in [0, 0.1) is 16.7 Å². The van der Waals surface area contributed by atoms with Gasteiger partial charge in [0, 0.05) is 46.2 Å². The maximum atomic E-state index is 14.2. The highest BCUT2D eigenvalue weighted by Gasteiger charge is 2.45. The molecule has 2 saturated heterocycles. The van der Waals surface area contributed by atoms with Crippen molar-refractivity contribution >= 4 is 35.6 Å². The van der Waals surface area contributed by atoms with Gasteiger partial charge in [-0.2, -0.15) is 13.2 Å². The molecule has 0 radical (unpaired) electrons. The van der Waals surface area contributed by atoms with Crippen molar-refractivity contribution in [2.24, 2.45) is 16.7 Å². The van der Waals surface area contributed by atoms with E-state index in [1.165, 1.54) is 11.0 Å². The lowest BCUT2D eigenvalue weighted by molar-refractivity contribution is -0.144. The number of nitrogens with zero attached hydrogens (tertiary/aromatic N) is 3. The number of ketones is 1. The van der Waals surface area contributed by atoms with Gasteiger partial charge in [0.15, 0.2) is 0 Å². The van der Waals surface area contributed by atoms with Crippen molar-refractivity contribution in [3.63, 3.8) is 0 Å². The van der Waals surface area contributed by atoms with Gasteiger partial charge in [-0.15, -0.1) is 6.58 Å². The van der Waals surface area contributed by atoms with E-state index in [0.717, 1.165) is 6.42 Å². The van der Waals surface area contributed by atoms with E-state index in [4.69, 9.17) is 0 Å². The van der Waals surface area contributed by atoms with Gasteiger partial charge in [0.2, 0.25) is 17.6 Å². The Labute approximate surface area is 299 Å². The normalized spacial score (nSPS) is 20.3. The molecule has 1 unspecified atom stereocenters. The minimum atomic E-state index is -4.39. The molecule has 0 aromatic heterocycles. The third-order valence-corrected chi connectivity index (χ3v) is 9.22. The van der Waals surface area contributed by atoms with Crippen LogP contribution in [0.1, 0.15) is 87.0 Å². The number of nitrogens with one attached hydrogen (secondary N) is 4. The minimum Gasteiger partial charge on any atom is -0.346 e. The number of halogens is 3. The van der Waals surface area contributed by atoms with Crippen LogP contribution in [0.2, 0.25) is 0 Å². The first-order valence-electron chi connectivity index (χ1n) is 17.6. The summed E-state index contributed by atoms with van der Waals surface area (Å²) in [4.78, 5) is 84.4. The van der Waals surface area contributed by atoms with Gasteiger partial charge in [0.05, 0.1) is 12.1 Å². The van der Waals surface area contributed by atoms with Gasteiger partial charge < -0.3 is 36.0 Å². The predicted molar refractivity (Wildman–Crippen MR) is 186 cm³/mol. The number of amides is 7. The molecular formula is C35H58F3N7O6. The minimum absolute atomic E-state index is 0.0271. The van der Waals surface area contributed by atoms with Crippen LogP contribution in [0.15, 0.2) is 12.7 Å². The number of hydrogen-bond acceptors (Lipinski definition) is 6. The van der Waals surface area contributed by atoms with Crippen LogP contribution in [-0.2, 0) is 19.2 Å². The number of unbranched alkanes of at least 4 members (excludes halogenated alkanes) is 1. The summed E-state index contributed by atoms with van der Waals surface area (Å²) in [5.41, 5.74) is -1.27. The molecule has 16 heteroatoms. The Kier molecular flexibility index (Phi) is 15.3. The molecule has 0 bridgehead atoms. The fraction of sp³-hybridized carbons (Fsp3) is 0.771. The summed E-state index contributed by atoms with van der Waals surface area (Å²) in [7, 11) is 1.73. The molecule has 5 atom stereocenters. The van der Waals surface area contributed by atoms with E-state index in [0.29, 0.717) is 13.1 Å². The highest BCUT2D eigenvalue weighted by atomic mass is 19.4. The van der Waals surface area contributed by atoms with Crippen LogP contribution >= 0.6 is 0 Å². The van der Waals surface area contributed by atoms with E-state index in [2.05, 4.69) is 27.8 Å². The van der Waals surface area contributed by atoms with E-state index >= 15 is 0 Å². The largest absolute Gasteiger partial charge is 0.389 e. The molecule has 0 aromatic rings. The fourth-order valence-electron chi connectivity index (χ4n) is 6.16. The summed E-state index contributed by atoms with van der Waals surface area (Å²) < 4.78 is 38.2. The Morgan fingerprint density at radius 3 is 2.18 bits per heavy atom. The maximum Gasteiger partial charge on any atom is 0.389 e. The van der Waals surface area contributed by atoms with Gasteiger partial charge in [-0.1, -0.05) is 61.0 Å². The third kappa shape index (κ3) is 13.3. The SMILES string of the molecule is C=CCNC(=O)C(=O)C(CCCCC(F)(F)F)NC(=O)[C@@H]1C[C@@H](C)CN1C(=O)[C@@H](NC(=O)N[C@H](CN1CCCN(C)C1=O)C(C)(C)C)C(C)(C)C. The van der Waals surface area contributed by atoms with Crippen LogP contribution in [0.5, 0.6) is 0 Å². The van der Waals surface area contributed by atoms with Crippen molar-refractivity contribution in [3.05, 3.63) is 12.7 Å². The van der Waals surface area contributed by atoms with E-state index in [9.17, 15) is 41.9 Å². The zero-order valence-corrected chi connectivity index (χ0v) is 31.4. The number of alkyl halides is 3. The second-order valence-electron chi connectivity index (χ2n) is 16.0. The average molecular weight is 730 g/mol. The standard InChI is InChI=1S/C35H58F3N7O6/c1-10-16-39-29(48)26(46)23(14-11-12-15-35(36,37)38)40-28(47)24-19-22(2)20-45(24)30(49)27(34(6,7)8)42-31(50)41-25(33(3,4)5)21-44-18-13-17-43(9)32(44)51/h10,22-25,27H,1,11-21H2,2-9H3,(H,39,48)(H,40,47)(H2,41,42,50)/t22-,23?,24+,25-,27-/m1/s1. The first-order chi connectivity index (χ1) is 23.5. The molecule has 7 amide bonds. The summed E-state index contributed by atoms with van der Waals surface area (Å²) >= 11 is 0. The number of carbonyl (C=O) groups is 6. The second kappa shape index (κ2) is 18.1. The quantitative estimate of drug-likeness (QED) is 0.115. The number of likely N-dealkylation sites (tertiary alicyclic amines) is 1. The van der Waals surface area contributed by atoms with Crippen molar-refractivity contribution in [2.75, 3.05) is 39.8 Å². The molecule has 0 aromatic carbocycles. The van der Waals surface area contributed by atoms with E-state index < -0.39 is 77.1 Å². The smallest absolute Gasteiger partial charge is 0.346 e. The first kappa shape index (κ1) is 43.3. The molecule has 2 aliphatic heterocycles. The van der Waals surface area contributed by atoms with Crippen LogP contribution < -0.4 is 21.3 Å². The lowest BCUT2D eigenvalue weighted by Gasteiger charge is -2.40. The molecule has 13 nitrogen and oxygen atoms in total. The van der Waals surface area contributed by atoms with Crippen molar-refractivity contribution in [1.82, 2.24) is 36.0 Å². The monoisotopic (exact) mass is 729 g/mol. The van der Waals surface area contributed by atoms with Crippen molar-refractivity contribution < 1.29 is 41.9 Å². The van der Waals surface area contributed by atoms with Crippen LogP contribution in [0.25, 0.3) is 0 Å². The number of hydrogen-bond donors (Lipinski definition) is 4. The van der Waals surface area contributed by atoms with Gasteiger partial charge >= 0.3 is 18.2 Å². The molecule has 290 valence electrons. The highest BCUT2D eigenvalue weighted by molar-refractivity contribution is 6.38. The Morgan fingerprint density at radius 1 is 0.961 bits per heavy atom. The molecule has 2 rings (SSSR count). The zero-order chi connectivity index (χ0) is 38.9. The lowest BCUT2D eigenvalue weighted by Crippen LogP contribution is -2.62. The first-order valence-corrected chi connectivity index (χ1v) is 17.6. The summed E-state index contributed by atoms with van der Waals surface area (Å²) in [6.45, 7) is 18.1. The Morgan fingerprint density at radius 2 is 1.61 bits per heavy atom. The zero-order valence-electron chi connectivity index (χ0n) is 31.4. The van der Waals surface area contributed by atoms with Crippen LogP contribution in [0.3, 0.4) is 0 Å². The average Bonchev–Trinajstić information content (AvgIpc) is 3.41. The second-order valence-corrected chi connectivity index (χ2v) is 16.0. The molecular weight excluding hydrogens is 671 g/mol. The molecule has 0 spiro atoms. The van der Waals surface area contributed by atoms with Crippen LogP contribution in [0.4, 0.5) is 22.8 Å². The lowest BCUT2D eigenvalue weighted by atomic mass is 9.85. The van der Waals surface area contributed by atoms with Gasteiger partial charge in [0.1, 0.15) is 12.1 Å². The fourth-order valence-corrected chi connectivity index (χ4v) is 6.16. The number of Topliss-reactive ketones (excluding diaryl/α,β-unsaturated/α-hetero) is 1. The number of urea groups is 2. The van der Waals surface area contributed by atoms with Gasteiger partial charge in [-0.25, -0.2) is 9.59 Å². The summed E-state index contributed by atoms with van der Waals surface area (Å²) in [5, 5.41) is 10.7. The molecule has 2 aliphatic rings. The van der Waals surface area contributed by atoms with E-state index in [1.54, 1.807) is 37.6 Å². The van der Waals surface area contributed by atoms with Crippen molar-refractivity contribution in [1.29, 1.82) is 0 Å². The van der Waals surface area contributed by atoms with Crippen molar-refractivity contribution in [2.45, 2.75) is 117 Å². The summed E-state index contributed by atoms with van der Waals surface area (Å²) in [5.74, 6) is -3.42. The van der Waals surface area contributed by atoms with Crippen molar-refractivity contribution in [3.8, 4) is 0 Å². The molecule has 2 heterocycles. The Bertz CT molecular complexity index is 1280. The molecule has 0 aliphatic carbocycles. The Hall–Kier alpha value is -3.85.